The molecule has 0 fully saturated rings. The van der Waals surface area contributed by atoms with E-state index in [9.17, 15) is 9.59 Å². The van der Waals surface area contributed by atoms with E-state index in [2.05, 4.69) is 20.6 Å². The van der Waals surface area contributed by atoms with Gasteiger partial charge in [0.05, 0.1) is 12.7 Å². The Morgan fingerprint density at radius 3 is 2.55 bits per heavy atom. The number of aromatic nitrogens is 2. The van der Waals surface area contributed by atoms with Crippen molar-refractivity contribution < 1.29 is 14.3 Å². The Balaban J connectivity index is 1.75. The highest BCUT2D eigenvalue weighted by molar-refractivity contribution is 5.93. The Morgan fingerprint density at radius 2 is 1.79 bits per heavy atom. The Kier molecular flexibility index (Phi) is 6.19. The first-order chi connectivity index (χ1) is 14.0. The molecule has 2 N–H and O–H groups in total. The minimum atomic E-state index is -0.435. The largest absolute Gasteiger partial charge is 0.465 e. The van der Waals surface area contributed by atoms with Crippen molar-refractivity contribution in [1.82, 2.24) is 15.3 Å². The fourth-order valence-corrected chi connectivity index (χ4v) is 2.79. The van der Waals surface area contributed by atoms with Crippen LogP contribution in [0.3, 0.4) is 0 Å². The lowest BCUT2D eigenvalue weighted by molar-refractivity contribution is 0.0600. The highest BCUT2D eigenvalue weighted by atomic mass is 16.5. The van der Waals surface area contributed by atoms with Crippen molar-refractivity contribution in [2.45, 2.75) is 20.4 Å². The zero-order chi connectivity index (χ0) is 20.8. The number of benzene rings is 2. The van der Waals surface area contributed by atoms with Gasteiger partial charge in [-0.2, -0.15) is 0 Å². The quantitative estimate of drug-likeness (QED) is 0.625. The van der Waals surface area contributed by atoms with Crippen LogP contribution in [0.1, 0.15) is 37.7 Å². The van der Waals surface area contributed by atoms with Crippen molar-refractivity contribution in [2.75, 3.05) is 12.4 Å². The van der Waals surface area contributed by atoms with Gasteiger partial charge in [0.15, 0.2) is 0 Å². The van der Waals surface area contributed by atoms with Gasteiger partial charge in [0.1, 0.15) is 5.69 Å². The number of nitrogens with one attached hydrogen (secondary N) is 2. The summed E-state index contributed by atoms with van der Waals surface area (Å²) in [4.78, 5) is 32.9. The Labute approximate surface area is 169 Å². The first kappa shape index (κ1) is 20.0. The molecule has 3 aromatic rings. The summed E-state index contributed by atoms with van der Waals surface area (Å²) in [5, 5.41) is 5.92. The number of esters is 1. The van der Waals surface area contributed by atoms with E-state index in [-0.39, 0.29) is 17.5 Å². The monoisotopic (exact) mass is 390 g/mol. The number of rotatable bonds is 6. The summed E-state index contributed by atoms with van der Waals surface area (Å²) in [6.45, 7) is 4.20. The van der Waals surface area contributed by atoms with E-state index in [4.69, 9.17) is 4.74 Å². The molecule has 148 valence electrons. The second-order valence-corrected chi connectivity index (χ2v) is 6.52. The second kappa shape index (κ2) is 8.97. The summed E-state index contributed by atoms with van der Waals surface area (Å²) in [6.07, 6.45) is 0. The maximum Gasteiger partial charge on any atom is 0.337 e. The van der Waals surface area contributed by atoms with Crippen LogP contribution in [0, 0.1) is 13.8 Å². The zero-order valence-electron chi connectivity index (χ0n) is 16.5. The van der Waals surface area contributed by atoms with E-state index in [1.165, 1.54) is 7.11 Å². The topological polar surface area (TPSA) is 93.2 Å². The standard InChI is InChI=1S/C22H22N4O3/c1-14-7-4-5-8-17(14)13-23-20(27)19-11-15(2)24-22(26-19)25-18-10-6-9-16(12-18)21(28)29-3/h4-12H,13H2,1-3H3,(H,23,27)(H,24,25,26). The van der Waals surface area contributed by atoms with Crippen LogP contribution in [0.15, 0.2) is 54.6 Å². The molecule has 29 heavy (non-hydrogen) atoms. The summed E-state index contributed by atoms with van der Waals surface area (Å²) < 4.78 is 4.73. The Bertz CT molecular complexity index is 1050. The highest BCUT2D eigenvalue weighted by Gasteiger charge is 2.12. The third-order valence-corrected chi connectivity index (χ3v) is 4.33. The molecule has 0 atom stereocenters. The second-order valence-electron chi connectivity index (χ2n) is 6.52. The van der Waals surface area contributed by atoms with Crippen molar-refractivity contribution >= 4 is 23.5 Å². The molecule has 0 bridgehead atoms. The van der Waals surface area contributed by atoms with Crippen LogP contribution in [0.5, 0.6) is 0 Å². The van der Waals surface area contributed by atoms with Crippen LogP contribution < -0.4 is 10.6 Å². The number of hydrogen-bond donors (Lipinski definition) is 2. The predicted molar refractivity (Wildman–Crippen MR) is 110 cm³/mol. The van der Waals surface area contributed by atoms with Gasteiger partial charge in [-0.15, -0.1) is 0 Å². The molecule has 0 aliphatic rings. The van der Waals surface area contributed by atoms with E-state index in [0.717, 1.165) is 11.1 Å². The van der Waals surface area contributed by atoms with E-state index in [0.29, 0.717) is 23.5 Å². The highest BCUT2D eigenvalue weighted by Crippen LogP contribution is 2.16. The number of anilines is 2. The molecule has 1 heterocycles. The average molecular weight is 390 g/mol. The molecular weight excluding hydrogens is 368 g/mol. The minimum absolute atomic E-state index is 0.262. The van der Waals surface area contributed by atoms with Gasteiger partial charge in [0, 0.05) is 17.9 Å². The van der Waals surface area contributed by atoms with E-state index in [1.54, 1.807) is 37.3 Å². The SMILES string of the molecule is COC(=O)c1cccc(Nc2nc(C)cc(C(=O)NCc3ccccc3C)n2)c1. The summed E-state index contributed by atoms with van der Waals surface area (Å²) in [6, 6.07) is 16.3. The molecule has 0 aliphatic carbocycles. The number of methoxy groups -OCH3 is 1. The van der Waals surface area contributed by atoms with Crippen LogP contribution in [-0.4, -0.2) is 29.0 Å². The van der Waals surface area contributed by atoms with Gasteiger partial charge < -0.3 is 15.4 Å². The van der Waals surface area contributed by atoms with E-state index < -0.39 is 5.97 Å². The van der Waals surface area contributed by atoms with Gasteiger partial charge in [-0.05, 0) is 49.2 Å². The number of amides is 1. The molecule has 7 heteroatoms. The molecule has 0 saturated carbocycles. The molecule has 0 spiro atoms. The lowest BCUT2D eigenvalue weighted by Gasteiger charge is -2.10. The number of carbonyl (C=O) groups excluding carboxylic acids is 2. The van der Waals surface area contributed by atoms with Gasteiger partial charge in [0.2, 0.25) is 5.95 Å². The number of carbonyl (C=O) groups is 2. The smallest absolute Gasteiger partial charge is 0.337 e. The number of ether oxygens (including phenoxy) is 1. The number of aryl methyl sites for hydroxylation is 2. The first-order valence-electron chi connectivity index (χ1n) is 9.10. The Morgan fingerprint density at radius 1 is 1.00 bits per heavy atom. The summed E-state index contributed by atoms with van der Waals surface area (Å²) >= 11 is 0. The van der Waals surface area contributed by atoms with Gasteiger partial charge in [-0.3, -0.25) is 4.79 Å². The van der Waals surface area contributed by atoms with Crippen LogP contribution in [0.2, 0.25) is 0 Å². The van der Waals surface area contributed by atoms with Crippen molar-refractivity contribution in [3.63, 3.8) is 0 Å². The molecule has 2 aromatic carbocycles. The van der Waals surface area contributed by atoms with Crippen LogP contribution in [0.25, 0.3) is 0 Å². The van der Waals surface area contributed by atoms with Gasteiger partial charge >= 0.3 is 5.97 Å². The van der Waals surface area contributed by atoms with Crippen molar-refractivity contribution in [1.29, 1.82) is 0 Å². The lowest BCUT2D eigenvalue weighted by atomic mass is 10.1. The summed E-state index contributed by atoms with van der Waals surface area (Å²) in [5.74, 6) is -0.451. The fraction of sp³-hybridized carbons (Fsp3) is 0.182. The summed E-state index contributed by atoms with van der Waals surface area (Å²) in [7, 11) is 1.33. The zero-order valence-corrected chi connectivity index (χ0v) is 16.5. The minimum Gasteiger partial charge on any atom is -0.465 e. The van der Waals surface area contributed by atoms with E-state index >= 15 is 0 Å². The number of nitrogens with zero attached hydrogens (tertiary/aromatic N) is 2. The van der Waals surface area contributed by atoms with Crippen LogP contribution in [-0.2, 0) is 11.3 Å². The van der Waals surface area contributed by atoms with Gasteiger partial charge in [-0.1, -0.05) is 30.3 Å². The fourth-order valence-electron chi connectivity index (χ4n) is 2.79. The molecule has 7 nitrogen and oxygen atoms in total. The van der Waals surface area contributed by atoms with Crippen molar-refractivity contribution in [2.24, 2.45) is 0 Å². The van der Waals surface area contributed by atoms with Gasteiger partial charge in [0.25, 0.3) is 5.91 Å². The lowest BCUT2D eigenvalue weighted by Crippen LogP contribution is -2.24. The molecule has 0 unspecified atom stereocenters. The first-order valence-corrected chi connectivity index (χ1v) is 9.10. The molecule has 0 aliphatic heterocycles. The average Bonchev–Trinajstić information content (AvgIpc) is 2.72. The molecular formula is C22H22N4O3. The normalized spacial score (nSPS) is 10.3. The predicted octanol–water partition coefficient (Wildman–Crippen LogP) is 3.55. The molecule has 0 saturated heterocycles. The van der Waals surface area contributed by atoms with Crippen LogP contribution in [0.4, 0.5) is 11.6 Å². The van der Waals surface area contributed by atoms with Gasteiger partial charge in [-0.25, -0.2) is 14.8 Å². The number of hydrogen-bond acceptors (Lipinski definition) is 6. The van der Waals surface area contributed by atoms with E-state index in [1.807, 2.05) is 31.2 Å². The van der Waals surface area contributed by atoms with Crippen LogP contribution >= 0.6 is 0 Å². The third-order valence-electron chi connectivity index (χ3n) is 4.33. The van der Waals surface area contributed by atoms with Crippen molar-refractivity contribution in [3.05, 3.63) is 82.7 Å². The maximum absolute atomic E-state index is 12.6. The van der Waals surface area contributed by atoms with Crippen molar-refractivity contribution in [3.8, 4) is 0 Å². The maximum atomic E-state index is 12.6. The Hall–Kier alpha value is -3.74. The molecule has 1 aromatic heterocycles. The summed E-state index contributed by atoms with van der Waals surface area (Å²) in [5.41, 5.74) is 4.08. The molecule has 3 rings (SSSR count). The molecule has 1 amide bonds. The third kappa shape index (κ3) is 5.16. The molecule has 0 radical (unpaired) electrons.